The van der Waals surface area contributed by atoms with Gasteiger partial charge in [0.05, 0.1) is 0 Å². The average molecular weight is 391 g/mol. The van der Waals surface area contributed by atoms with Crippen molar-refractivity contribution in [3.05, 3.63) is 77.2 Å². The van der Waals surface area contributed by atoms with E-state index in [1.165, 1.54) is 28.9 Å². The van der Waals surface area contributed by atoms with Crippen LogP contribution in [0, 0.1) is 19.7 Å². The molecule has 0 amide bonds. The van der Waals surface area contributed by atoms with Crippen molar-refractivity contribution in [3.8, 4) is 0 Å². The summed E-state index contributed by atoms with van der Waals surface area (Å²) in [6.07, 6.45) is 1.78. The number of hydrogen-bond acceptors (Lipinski definition) is 5. The molecule has 3 aromatic rings. The van der Waals surface area contributed by atoms with E-state index < -0.39 is 0 Å². The summed E-state index contributed by atoms with van der Waals surface area (Å²) in [4.78, 5) is 13.7. The normalized spacial score (nSPS) is 14.2. The van der Waals surface area contributed by atoms with Crippen LogP contribution >= 0.6 is 0 Å². The maximum Gasteiger partial charge on any atom is 0.224 e. The standard InChI is InChI=1S/C23H26FN5/c1-17-4-3-5-21(18(17)2)28-12-14-29(15-13-28)22-10-11-25-23(27-22)26-16-19-6-8-20(24)9-7-19/h3-11H,12-16H2,1-2H3,(H,25,26,27). The van der Waals surface area contributed by atoms with E-state index in [1.54, 1.807) is 18.3 Å². The highest BCUT2D eigenvalue weighted by Gasteiger charge is 2.20. The number of piperazine rings is 1. The second-order valence-electron chi connectivity index (χ2n) is 7.41. The molecule has 0 atom stereocenters. The number of halogens is 1. The van der Waals surface area contributed by atoms with Gasteiger partial charge < -0.3 is 15.1 Å². The van der Waals surface area contributed by atoms with Crippen molar-refractivity contribution in [1.29, 1.82) is 0 Å². The second kappa shape index (κ2) is 8.47. The van der Waals surface area contributed by atoms with Gasteiger partial charge in [-0.05, 0) is 54.8 Å². The van der Waals surface area contributed by atoms with E-state index in [9.17, 15) is 4.39 Å². The van der Waals surface area contributed by atoms with Gasteiger partial charge in [-0.15, -0.1) is 0 Å². The summed E-state index contributed by atoms with van der Waals surface area (Å²) in [5, 5.41) is 3.23. The smallest absolute Gasteiger partial charge is 0.224 e. The Bertz CT molecular complexity index is 965. The molecule has 150 valence electrons. The Hall–Kier alpha value is -3.15. The predicted octanol–water partition coefficient (Wildman–Crippen LogP) is 4.17. The van der Waals surface area contributed by atoms with Gasteiger partial charge in [0, 0.05) is 44.6 Å². The van der Waals surface area contributed by atoms with E-state index in [4.69, 9.17) is 0 Å². The van der Waals surface area contributed by atoms with Crippen LogP contribution in [-0.2, 0) is 6.54 Å². The van der Waals surface area contributed by atoms with Crippen molar-refractivity contribution in [3.63, 3.8) is 0 Å². The average Bonchev–Trinajstić information content (AvgIpc) is 2.76. The first kappa shape index (κ1) is 19.2. The molecule has 1 N–H and O–H groups in total. The lowest BCUT2D eigenvalue weighted by atomic mass is 10.1. The third-order valence-corrected chi connectivity index (χ3v) is 5.53. The van der Waals surface area contributed by atoms with Crippen LogP contribution in [0.4, 0.5) is 21.8 Å². The molecule has 6 heteroatoms. The lowest BCUT2D eigenvalue weighted by molar-refractivity contribution is 0.627. The molecule has 2 heterocycles. The summed E-state index contributed by atoms with van der Waals surface area (Å²) < 4.78 is 13.0. The molecule has 0 saturated carbocycles. The van der Waals surface area contributed by atoms with Gasteiger partial charge >= 0.3 is 0 Å². The molecule has 0 unspecified atom stereocenters. The summed E-state index contributed by atoms with van der Waals surface area (Å²) in [6.45, 7) is 8.68. The maximum atomic E-state index is 13.0. The molecule has 29 heavy (non-hydrogen) atoms. The fourth-order valence-corrected chi connectivity index (χ4v) is 3.65. The lowest BCUT2D eigenvalue weighted by Gasteiger charge is -2.37. The number of anilines is 3. The molecule has 1 fully saturated rings. The van der Waals surface area contributed by atoms with Gasteiger partial charge in [0.15, 0.2) is 0 Å². The number of benzene rings is 2. The van der Waals surface area contributed by atoms with E-state index in [2.05, 4.69) is 57.1 Å². The van der Waals surface area contributed by atoms with E-state index in [1.807, 2.05) is 6.07 Å². The molecule has 2 aromatic carbocycles. The van der Waals surface area contributed by atoms with Gasteiger partial charge in [-0.2, -0.15) is 4.98 Å². The Kier molecular flexibility index (Phi) is 5.60. The molecule has 0 aliphatic carbocycles. The zero-order valence-corrected chi connectivity index (χ0v) is 16.9. The number of nitrogens with one attached hydrogen (secondary N) is 1. The van der Waals surface area contributed by atoms with E-state index in [0.29, 0.717) is 12.5 Å². The van der Waals surface area contributed by atoms with Crippen molar-refractivity contribution >= 4 is 17.5 Å². The topological polar surface area (TPSA) is 44.3 Å². The first-order chi connectivity index (χ1) is 14.1. The van der Waals surface area contributed by atoms with Crippen LogP contribution in [0.2, 0.25) is 0 Å². The van der Waals surface area contributed by atoms with Gasteiger partial charge in [0.1, 0.15) is 11.6 Å². The van der Waals surface area contributed by atoms with Crippen molar-refractivity contribution in [1.82, 2.24) is 9.97 Å². The van der Waals surface area contributed by atoms with Crippen LogP contribution in [0.5, 0.6) is 0 Å². The van der Waals surface area contributed by atoms with Crippen LogP contribution in [0.15, 0.2) is 54.7 Å². The Morgan fingerprint density at radius 1 is 0.931 bits per heavy atom. The highest BCUT2D eigenvalue weighted by atomic mass is 19.1. The molecular formula is C23H26FN5. The predicted molar refractivity (Wildman–Crippen MR) is 116 cm³/mol. The van der Waals surface area contributed by atoms with Crippen LogP contribution in [0.3, 0.4) is 0 Å². The van der Waals surface area contributed by atoms with Crippen molar-refractivity contribution in [2.24, 2.45) is 0 Å². The van der Waals surface area contributed by atoms with Crippen LogP contribution in [0.1, 0.15) is 16.7 Å². The van der Waals surface area contributed by atoms with Gasteiger partial charge in [-0.25, -0.2) is 9.37 Å². The molecule has 5 nitrogen and oxygen atoms in total. The number of hydrogen-bond donors (Lipinski definition) is 1. The fraction of sp³-hybridized carbons (Fsp3) is 0.304. The summed E-state index contributed by atoms with van der Waals surface area (Å²) in [5.74, 6) is 1.29. The minimum absolute atomic E-state index is 0.230. The summed E-state index contributed by atoms with van der Waals surface area (Å²) >= 11 is 0. The Morgan fingerprint density at radius 3 is 2.41 bits per heavy atom. The highest BCUT2D eigenvalue weighted by molar-refractivity contribution is 5.57. The van der Waals surface area contributed by atoms with Crippen LogP contribution < -0.4 is 15.1 Å². The third kappa shape index (κ3) is 4.47. The van der Waals surface area contributed by atoms with E-state index in [0.717, 1.165) is 37.6 Å². The van der Waals surface area contributed by atoms with Gasteiger partial charge in [0.2, 0.25) is 5.95 Å². The summed E-state index contributed by atoms with van der Waals surface area (Å²) in [6, 6.07) is 14.9. The minimum atomic E-state index is -0.230. The van der Waals surface area contributed by atoms with Gasteiger partial charge in [0.25, 0.3) is 0 Å². The second-order valence-corrected chi connectivity index (χ2v) is 7.41. The van der Waals surface area contributed by atoms with Crippen molar-refractivity contribution in [2.45, 2.75) is 20.4 Å². The molecule has 1 aromatic heterocycles. The molecule has 0 bridgehead atoms. The van der Waals surface area contributed by atoms with Gasteiger partial charge in [-0.1, -0.05) is 24.3 Å². The molecule has 1 saturated heterocycles. The lowest BCUT2D eigenvalue weighted by Crippen LogP contribution is -2.47. The number of aromatic nitrogens is 2. The Morgan fingerprint density at radius 2 is 1.66 bits per heavy atom. The Labute approximate surface area is 171 Å². The molecule has 1 aliphatic rings. The summed E-state index contributed by atoms with van der Waals surface area (Å²) in [5.41, 5.74) is 5.00. The quantitative estimate of drug-likeness (QED) is 0.707. The monoisotopic (exact) mass is 391 g/mol. The van der Waals surface area contributed by atoms with E-state index in [-0.39, 0.29) is 5.82 Å². The first-order valence-electron chi connectivity index (χ1n) is 9.97. The molecule has 4 rings (SSSR count). The zero-order valence-electron chi connectivity index (χ0n) is 16.9. The van der Waals surface area contributed by atoms with Crippen LogP contribution in [-0.4, -0.2) is 36.1 Å². The fourth-order valence-electron chi connectivity index (χ4n) is 3.65. The SMILES string of the molecule is Cc1cccc(N2CCN(c3ccnc(NCc4ccc(F)cc4)n3)CC2)c1C. The third-order valence-electron chi connectivity index (χ3n) is 5.53. The number of rotatable bonds is 5. The molecular weight excluding hydrogens is 365 g/mol. The molecule has 0 radical (unpaired) electrons. The minimum Gasteiger partial charge on any atom is -0.368 e. The number of nitrogens with zero attached hydrogens (tertiary/aromatic N) is 4. The Balaban J connectivity index is 1.38. The molecule has 1 aliphatic heterocycles. The van der Waals surface area contributed by atoms with Crippen LogP contribution in [0.25, 0.3) is 0 Å². The van der Waals surface area contributed by atoms with Crippen molar-refractivity contribution in [2.75, 3.05) is 41.3 Å². The molecule has 0 spiro atoms. The van der Waals surface area contributed by atoms with Crippen molar-refractivity contribution < 1.29 is 4.39 Å². The summed E-state index contributed by atoms with van der Waals surface area (Å²) in [7, 11) is 0. The largest absolute Gasteiger partial charge is 0.368 e. The first-order valence-corrected chi connectivity index (χ1v) is 9.97. The zero-order chi connectivity index (χ0) is 20.2. The maximum absolute atomic E-state index is 13.0. The van der Waals surface area contributed by atoms with E-state index >= 15 is 0 Å². The highest BCUT2D eigenvalue weighted by Crippen LogP contribution is 2.25. The van der Waals surface area contributed by atoms with Gasteiger partial charge in [-0.3, -0.25) is 0 Å². The number of aryl methyl sites for hydroxylation is 1.